The van der Waals surface area contributed by atoms with Gasteiger partial charge in [0.15, 0.2) is 0 Å². The zero-order valence-electron chi connectivity index (χ0n) is 22.3. The predicted molar refractivity (Wildman–Crippen MR) is 145 cm³/mol. The van der Waals surface area contributed by atoms with E-state index in [4.69, 9.17) is 4.74 Å². The average molecular weight is 519 g/mol. The third-order valence-electron chi connectivity index (χ3n) is 7.71. The normalized spacial score (nSPS) is 20.2. The third-order valence-corrected chi connectivity index (χ3v) is 7.71. The number of carboxylic acid groups (broad SMARTS) is 1. The van der Waals surface area contributed by atoms with E-state index in [9.17, 15) is 15.0 Å². The summed E-state index contributed by atoms with van der Waals surface area (Å²) >= 11 is 0. The van der Waals surface area contributed by atoms with Crippen molar-refractivity contribution in [2.75, 3.05) is 11.9 Å². The number of pyridine rings is 1. The summed E-state index contributed by atoms with van der Waals surface area (Å²) < 4.78 is 21.1. The highest BCUT2D eigenvalue weighted by atomic mass is 19.1. The van der Waals surface area contributed by atoms with Crippen molar-refractivity contribution in [1.82, 2.24) is 4.98 Å². The molecule has 2 aliphatic carbocycles. The molecule has 2 aromatic carbocycles. The van der Waals surface area contributed by atoms with Crippen molar-refractivity contribution in [1.29, 1.82) is 0 Å². The second-order valence-electron chi connectivity index (χ2n) is 11.3. The van der Waals surface area contributed by atoms with Crippen LogP contribution in [0.5, 0.6) is 5.75 Å². The van der Waals surface area contributed by atoms with Gasteiger partial charge in [0, 0.05) is 23.6 Å². The Morgan fingerprint density at radius 1 is 1.18 bits per heavy atom. The van der Waals surface area contributed by atoms with Gasteiger partial charge in [0.25, 0.3) is 0 Å². The number of ether oxygens (including phenoxy) is 1. The first kappa shape index (κ1) is 26.2. The number of anilines is 1. The number of aromatic nitrogens is 1. The molecule has 1 aromatic heterocycles. The third kappa shape index (κ3) is 5.39. The van der Waals surface area contributed by atoms with E-state index in [-0.39, 0.29) is 23.7 Å². The summed E-state index contributed by atoms with van der Waals surface area (Å²) in [6.45, 7) is 8.06. The summed E-state index contributed by atoms with van der Waals surface area (Å²) in [5, 5.41) is 22.6. The topological polar surface area (TPSA) is 91.7 Å². The molecule has 3 atom stereocenters. The van der Waals surface area contributed by atoms with Gasteiger partial charge in [-0.3, -0.25) is 9.78 Å². The smallest absolute Gasteiger partial charge is 0.307 e. The Hall–Kier alpha value is -3.45. The minimum absolute atomic E-state index is 0.0152. The van der Waals surface area contributed by atoms with Crippen LogP contribution in [-0.2, 0) is 11.2 Å². The second-order valence-corrected chi connectivity index (χ2v) is 11.3. The number of carbonyl (C=O) groups is 1. The molecular formula is C31H35FN2O4. The number of nitrogens with zero attached hydrogens (tertiary/aromatic N) is 1. The summed E-state index contributed by atoms with van der Waals surface area (Å²) in [5.41, 5.74) is 6.81. The molecule has 1 saturated carbocycles. The number of benzene rings is 2. The van der Waals surface area contributed by atoms with Crippen LogP contribution in [0.4, 0.5) is 10.1 Å². The van der Waals surface area contributed by atoms with Crippen molar-refractivity contribution >= 4 is 11.7 Å². The Morgan fingerprint density at radius 2 is 1.92 bits per heavy atom. The first-order valence-corrected chi connectivity index (χ1v) is 13.2. The largest absolute Gasteiger partial charge is 0.493 e. The fourth-order valence-corrected chi connectivity index (χ4v) is 5.65. The highest BCUT2D eigenvalue weighted by Gasteiger charge is 2.45. The van der Waals surface area contributed by atoms with E-state index in [0.717, 1.165) is 57.8 Å². The van der Waals surface area contributed by atoms with Gasteiger partial charge < -0.3 is 20.3 Å². The van der Waals surface area contributed by atoms with Crippen molar-refractivity contribution in [3.05, 3.63) is 76.4 Å². The standard InChI is InChI=1S/C31H35FN2O4/c1-17-13-20(38-12-11-31(3,4)37)14-18(2)28(17)21-6-8-25(32)29-22(21)7-10-27(29)34-19-5-9-26(33-16-19)23-15-24(23)30(35)36/h5-6,8-9,13-14,16,23-24,27,34,37H,7,10-12,15H2,1-4H3,(H,35,36)/t23?,24?,27-/m1/s1. The number of hydrogen-bond donors (Lipinski definition) is 3. The number of rotatable bonds is 9. The van der Waals surface area contributed by atoms with Gasteiger partial charge in [-0.1, -0.05) is 6.07 Å². The Morgan fingerprint density at radius 3 is 2.53 bits per heavy atom. The highest BCUT2D eigenvalue weighted by Crippen LogP contribution is 2.47. The molecule has 3 N–H and O–H groups in total. The van der Waals surface area contributed by atoms with Gasteiger partial charge in [0.05, 0.1) is 36.1 Å². The lowest BCUT2D eigenvalue weighted by Gasteiger charge is -2.20. The van der Waals surface area contributed by atoms with Crippen LogP contribution in [0.1, 0.15) is 73.0 Å². The first-order valence-electron chi connectivity index (χ1n) is 13.2. The Kier molecular flexibility index (Phi) is 6.90. The fourth-order valence-electron chi connectivity index (χ4n) is 5.65. The SMILES string of the molecule is Cc1cc(OCCC(C)(C)O)cc(C)c1-c1ccc(F)c2c1CC[C@H]2Nc1ccc(C2CC2C(=O)O)nc1. The van der Waals surface area contributed by atoms with E-state index in [1.54, 1.807) is 26.1 Å². The molecule has 2 aliphatic rings. The summed E-state index contributed by atoms with van der Waals surface area (Å²) in [5.74, 6) is -0.573. The zero-order valence-corrected chi connectivity index (χ0v) is 22.3. The number of fused-ring (bicyclic) bond motifs is 1. The summed E-state index contributed by atoms with van der Waals surface area (Å²) in [6, 6.07) is 11.1. The number of nitrogens with one attached hydrogen (secondary N) is 1. The molecule has 7 heteroatoms. The van der Waals surface area contributed by atoms with Gasteiger partial charge >= 0.3 is 5.97 Å². The van der Waals surface area contributed by atoms with Crippen LogP contribution in [0.25, 0.3) is 11.1 Å². The zero-order chi connectivity index (χ0) is 27.2. The minimum Gasteiger partial charge on any atom is -0.493 e. The minimum atomic E-state index is -0.776. The van der Waals surface area contributed by atoms with Crippen molar-refractivity contribution in [2.24, 2.45) is 5.92 Å². The van der Waals surface area contributed by atoms with Crippen molar-refractivity contribution in [3.8, 4) is 16.9 Å². The van der Waals surface area contributed by atoms with E-state index < -0.39 is 11.6 Å². The summed E-state index contributed by atoms with van der Waals surface area (Å²) in [7, 11) is 0. The van der Waals surface area contributed by atoms with E-state index in [0.29, 0.717) is 25.0 Å². The van der Waals surface area contributed by atoms with Crippen molar-refractivity contribution in [2.45, 2.75) is 70.9 Å². The molecule has 3 aromatic rings. The molecule has 6 nitrogen and oxygen atoms in total. The molecule has 0 radical (unpaired) electrons. The molecule has 1 fully saturated rings. The molecule has 0 amide bonds. The lowest BCUT2D eigenvalue weighted by molar-refractivity contribution is -0.138. The fraction of sp³-hybridized carbons (Fsp3) is 0.419. The van der Waals surface area contributed by atoms with E-state index in [2.05, 4.69) is 10.3 Å². The van der Waals surface area contributed by atoms with Gasteiger partial charge in [0.2, 0.25) is 0 Å². The predicted octanol–water partition coefficient (Wildman–Crippen LogP) is 6.33. The maximum Gasteiger partial charge on any atom is 0.307 e. The Labute approximate surface area is 222 Å². The summed E-state index contributed by atoms with van der Waals surface area (Å²) in [6.07, 6.45) is 4.42. The van der Waals surface area contributed by atoms with Crippen LogP contribution in [0, 0.1) is 25.6 Å². The Balaban J connectivity index is 1.36. The molecule has 1 heterocycles. The van der Waals surface area contributed by atoms with Gasteiger partial charge in [-0.15, -0.1) is 0 Å². The van der Waals surface area contributed by atoms with Crippen LogP contribution < -0.4 is 10.1 Å². The highest BCUT2D eigenvalue weighted by molar-refractivity contribution is 5.77. The second kappa shape index (κ2) is 10.0. The van der Waals surface area contributed by atoms with Gasteiger partial charge in [-0.25, -0.2) is 4.39 Å². The molecule has 0 spiro atoms. The first-order chi connectivity index (χ1) is 18.0. The number of halogens is 1. The number of aryl methyl sites for hydroxylation is 2. The van der Waals surface area contributed by atoms with E-state index in [1.807, 2.05) is 44.2 Å². The van der Waals surface area contributed by atoms with Crippen LogP contribution in [-0.4, -0.2) is 33.4 Å². The lowest BCUT2D eigenvalue weighted by Crippen LogP contribution is -2.21. The van der Waals surface area contributed by atoms with Gasteiger partial charge in [-0.05, 0) is 105 Å². The van der Waals surface area contributed by atoms with Crippen LogP contribution >= 0.6 is 0 Å². The lowest BCUT2D eigenvalue weighted by atomic mass is 9.90. The van der Waals surface area contributed by atoms with Gasteiger partial charge in [-0.2, -0.15) is 0 Å². The summed E-state index contributed by atoms with van der Waals surface area (Å²) in [4.78, 5) is 15.6. The van der Waals surface area contributed by atoms with E-state index >= 15 is 4.39 Å². The van der Waals surface area contributed by atoms with Crippen LogP contribution in [0.15, 0.2) is 42.6 Å². The molecular weight excluding hydrogens is 483 g/mol. The molecule has 38 heavy (non-hydrogen) atoms. The number of aliphatic hydroxyl groups is 1. The molecule has 0 saturated heterocycles. The van der Waals surface area contributed by atoms with Crippen molar-refractivity contribution < 1.29 is 24.1 Å². The number of aliphatic carboxylic acids is 1. The molecule has 200 valence electrons. The molecule has 0 aliphatic heterocycles. The monoisotopic (exact) mass is 518 g/mol. The van der Waals surface area contributed by atoms with Crippen LogP contribution in [0.3, 0.4) is 0 Å². The van der Waals surface area contributed by atoms with Gasteiger partial charge in [0.1, 0.15) is 11.6 Å². The molecule has 2 unspecified atom stereocenters. The molecule has 0 bridgehead atoms. The Bertz CT molecular complexity index is 1340. The average Bonchev–Trinajstić information content (AvgIpc) is 3.54. The number of hydrogen-bond acceptors (Lipinski definition) is 5. The van der Waals surface area contributed by atoms with E-state index in [1.165, 1.54) is 0 Å². The maximum absolute atomic E-state index is 15.2. The molecule has 5 rings (SSSR count). The number of carboxylic acids is 1. The quantitative estimate of drug-likeness (QED) is 0.307. The van der Waals surface area contributed by atoms with Crippen molar-refractivity contribution in [3.63, 3.8) is 0 Å². The van der Waals surface area contributed by atoms with Crippen LogP contribution in [0.2, 0.25) is 0 Å². The maximum atomic E-state index is 15.2.